The highest BCUT2D eigenvalue weighted by atomic mass is 79.9. The second kappa shape index (κ2) is 9.61. The highest BCUT2D eigenvalue weighted by Gasteiger charge is 2.18. The molecule has 3 aromatic rings. The van der Waals surface area contributed by atoms with Crippen LogP contribution < -0.4 is 10.2 Å². The number of benzene rings is 3. The fourth-order valence-electron chi connectivity index (χ4n) is 2.48. The lowest BCUT2D eigenvalue weighted by molar-refractivity contribution is -0.385. The van der Waals surface area contributed by atoms with Gasteiger partial charge in [0.25, 0.3) is 11.6 Å². The van der Waals surface area contributed by atoms with E-state index < -0.39 is 10.8 Å². The number of carbonyl (C=O) groups is 1. The molecular weight excluding hydrogens is 438 g/mol. The molecule has 146 valence electrons. The van der Waals surface area contributed by atoms with Crippen molar-refractivity contribution in [2.75, 3.05) is 0 Å². The van der Waals surface area contributed by atoms with Crippen LogP contribution in [0, 0.1) is 10.1 Å². The zero-order valence-electron chi connectivity index (χ0n) is 15.1. The molecule has 0 aliphatic heterocycles. The number of nitro benzene ring substituents is 1. The number of halogens is 1. The van der Waals surface area contributed by atoms with E-state index in [2.05, 4.69) is 26.5 Å². The molecule has 0 spiro atoms. The molecule has 0 heterocycles. The predicted octanol–water partition coefficient (Wildman–Crippen LogP) is 4.70. The Kier molecular flexibility index (Phi) is 6.70. The first-order valence-electron chi connectivity index (χ1n) is 8.57. The summed E-state index contributed by atoms with van der Waals surface area (Å²) >= 11 is 3.39. The first kappa shape index (κ1) is 20.2. The minimum Gasteiger partial charge on any atom is -0.489 e. The van der Waals surface area contributed by atoms with Crippen molar-refractivity contribution < 1.29 is 14.5 Å². The van der Waals surface area contributed by atoms with Crippen molar-refractivity contribution in [1.82, 2.24) is 5.43 Å². The molecule has 8 heteroatoms. The molecule has 0 aromatic heterocycles. The molecule has 0 aliphatic rings. The Labute approximate surface area is 175 Å². The Morgan fingerprint density at radius 3 is 2.62 bits per heavy atom. The number of hydrogen-bond acceptors (Lipinski definition) is 5. The first-order valence-corrected chi connectivity index (χ1v) is 9.36. The number of carbonyl (C=O) groups excluding carboxylic acids is 1. The molecule has 1 N–H and O–H groups in total. The van der Waals surface area contributed by atoms with Gasteiger partial charge in [0.2, 0.25) is 0 Å². The molecule has 0 saturated heterocycles. The summed E-state index contributed by atoms with van der Waals surface area (Å²) in [4.78, 5) is 22.6. The van der Waals surface area contributed by atoms with Crippen molar-refractivity contribution >= 4 is 33.7 Å². The Bertz CT molecular complexity index is 1050. The third-order valence-electron chi connectivity index (χ3n) is 3.90. The highest BCUT2D eigenvalue weighted by Crippen LogP contribution is 2.18. The molecule has 0 unspecified atom stereocenters. The van der Waals surface area contributed by atoms with Gasteiger partial charge in [-0.05, 0) is 41.5 Å². The van der Waals surface area contributed by atoms with Crippen molar-refractivity contribution in [2.45, 2.75) is 6.61 Å². The van der Waals surface area contributed by atoms with E-state index in [0.717, 1.165) is 10.0 Å². The van der Waals surface area contributed by atoms with Crippen molar-refractivity contribution in [1.29, 1.82) is 0 Å². The zero-order chi connectivity index (χ0) is 20.6. The average molecular weight is 454 g/mol. The SMILES string of the molecule is O=C(N/N=C\c1cccc(OCc2ccc(Br)cc2)c1)c1ccccc1[N+](=O)[O-]. The first-order chi connectivity index (χ1) is 14.0. The van der Waals surface area contributed by atoms with Crippen LogP contribution in [-0.4, -0.2) is 17.0 Å². The largest absolute Gasteiger partial charge is 0.489 e. The van der Waals surface area contributed by atoms with Gasteiger partial charge in [-0.15, -0.1) is 0 Å². The van der Waals surface area contributed by atoms with E-state index in [4.69, 9.17) is 4.74 Å². The zero-order valence-corrected chi connectivity index (χ0v) is 16.7. The van der Waals surface area contributed by atoms with Crippen molar-refractivity contribution in [2.24, 2.45) is 5.10 Å². The van der Waals surface area contributed by atoms with E-state index in [1.54, 1.807) is 18.2 Å². The van der Waals surface area contributed by atoms with Crippen LogP contribution >= 0.6 is 15.9 Å². The summed E-state index contributed by atoms with van der Waals surface area (Å²) in [7, 11) is 0. The normalized spacial score (nSPS) is 10.7. The van der Waals surface area contributed by atoms with E-state index in [0.29, 0.717) is 17.9 Å². The summed E-state index contributed by atoms with van der Waals surface area (Å²) in [5.41, 5.74) is 3.72. The summed E-state index contributed by atoms with van der Waals surface area (Å²) in [6.45, 7) is 0.419. The van der Waals surface area contributed by atoms with Gasteiger partial charge in [0.05, 0.1) is 11.1 Å². The number of ether oxygens (including phenoxy) is 1. The lowest BCUT2D eigenvalue weighted by Gasteiger charge is -2.07. The number of nitro groups is 1. The van der Waals surface area contributed by atoms with Crippen LogP contribution in [0.15, 0.2) is 82.4 Å². The van der Waals surface area contributed by atoms with Crippen LogP contribution in [0.3, 0.4) is 0 Å². The second-order valence-corrected chi connectivity index (χ2v) is 6.88. The third-order valence-corrected chi connectivity index (χ3v) is 4.43. The van der Waals surface area contributed by atoms with E-state index in [9.17, 15) is 14.9 Å². The summed E-state index contributed by atoms with van der Waals surface area (Å²) in [6, 6.07) is 20.7. The molecule has 3 aromatic carbocycles. The lowest BCUT2D eigenvalue weighted by atomic mass is 10.2. The lowest BCUT2D eigenvalue weighted by Crippen LogP contribution is -2.18. The molecule has 0 saturated carbocycles. The average Bonchev–Trinajstić information content (AvgIpc) is 2.73. The minimum absolute atomic E-state index is 0.0544. The minimum atomic E-state index is -0.656. The molecule has 1 amide bonds. The van der Waals surface area contributed by atoms with Crippen LogP contribution in [0.1, 0.15) is 21.5 Å². The van der Waals surface area contributed by atoms with Crippen molar-refractivity contribution in [3.05, 3.63) is 104 Å². The Morgan fingerprint density at radius 1 is 1.10 bits per heavy atom. The van der Waals surface area contributed by atoms with Crippen LogP contribution in [-0.2, 0) is 6.61 Å². The molecular formula is C21H16BrN3O4. The summed E-state index contributed by atoms with van der Waals surface area (Å²) in [6.07, 6.45) is 1.44. The van der Waals surface area contributed by atoms with Crippen LogP contribution in [0.4, 0.5) is 5.69 Å². The number of amides is 1. The van der Waals surface area contributed by atoms with E-state index in [1.165, 1.54) is 24.4 Å². The fraction of sp³-hybridized carbons (Fsp3) is 0.0476. The molecule has 0 aliphatic carbocycles. The van der Waals surface area contributed by atoms with Gasteiger partial charge in [-0.1, -0.05) is 52.3 Å². The highest BCUT2D eigenvalue weighted by molar-refractivity contribution is 9.10. The van der Waals surface area contributed by atoms with Gasteiger partial charge in [-0.2, -0.15) is 5.10 Å². The number of hydrogen-bond donors (Lipinski definition) is 1. The van der Waals surface area contributed by atoms with E-state index in [-0.39, 0.29) is 11.3 Å². The smallest absolute Gasteiger partial charge is 0.282 e. The van der Waals surface area contributed by atoms with Gasteiger partial charge >= 0.3 is 0 Å². The number of hydrazone groups is 1. The van der Waals surface area contributed by atoms with Crippen molar-refractivity contribution in [3.63, 3.8) is 0 Å². The van der Waals surface area contributed by atoms with Gasteiger partial charge in [0.1, 0.15) is 17.9 Å². The maximum atomic E-state index is 12.2. The van der Waals surface area contributed by atoms with Gasteiger partial charge in [-0.3, -0.25) is 14.9 Å². The fourth-order valence-corrected chi connectivity index (χ4v) is 2.75. The molecule has 29 heavy (non-hydrogen) atoms. The Balaban J connectivity index is 1.61. The molecule has 0 atom stereocenters. The summed E-state index contributed by atoms with van der Waals surface area (Å²) in [5.74, 6) is -0.00177. The number of nitrogens with one attached hydrogen (secondary N) is 1. The van der Waals surface area contributed by atoms with E-state index >= 15 is 0 Å². The van der Waals surface area contributed by atoms with E-state index in [1.807, 2.05) is 36.4 Å². The summed E-state index contributed by atoms with van der Waals surface area (Å²) < 4.78 is 6.77. The maximum Gasteiger partial charge on any atom is 0.282 e. The molecule has 7 nitrogen and oxygen atoms in total. The predicted molar refractivity (Wildman–Crippen MR) is 113 cm³/mol. The number of rotatable bonds is 7. The number of para-hydroxylation sites is 1. The van der Waals surface area contributed by atoms with Crippen LogP contribution in [0.2, 0.25) is 0 Å². The second-order valence-electron chi connectivity index (χ2n) is 5.96. The quantitative estimate of drug-likeness (QED) is 0.318. The Hall–Kier alpha value is -3.52. The molecule has 0 fully saturated rings. The van der Waals surface area contributed by atoms with Crippen LogP contribution in [0.25, 0.3) is 0 Å². The molecule has 0 bridgehead atoms. The molecule has 0 radical (unpaired) electrons. The number of nitrogens with zero attached hydrogens (tertiary/aromatic N) is 2. The van der Waals surface area contributed by atoms with Crippen LogP contribution in [0.5, 0.6) is 5.75 Å². The summed E-state index contributed by atoms with van der Waals surface area (Å²) in [5, 5.41) is 14.9. The van der Waals surface area contributed by atoms with Gasteiger partial charge in [0, 0.05) is 10.5 Å². The van der Waals surface area contributed by atoms with Crippen molar-refractivity contribution in [3.8, 4) is 5.75 Å². The maximum absolute atomic E-state index is 12.2. The van der Waals surface area contributed by atoms with Gasteiger partial charge < -0.3 is 4.74 Å². The standard InChI is InChI=1S/C21H16BrN3O4/c22-17-10-8-15(9-11-17)14-29-18-5-3-4-16(12-18)13-23-24-21(26)19-6-1-2-7-20(19)25(27)28/h1-13H,14H2,(H,24,26)/b23-13-. The third kappa shape index (κ3) is 5.73. The molecule has 3 rings (SSSR count). The van der Waals surface area contributed by atoms with Gasteiger partial charge in [0.15, 0.2) is 0 Å². The topological polar surface area (TPSA) is 93.8 Å². The Morgan fingerprint density at radius 2 is 1.86 bits per heavy atom. The van der Waals surface area contributed by atoms with Gasteiger partial charge in [-0.25, -0.2) is 5.43 Å². The monoisotopic (exact) mass is 453 g/mol.